The number of esters is 2. The van der Waals surface area contributed by atoms with Crippen LogP contribution in [0.25, 0.3) is 0 Å². The van der Waals surface area contributed by atoms with Crippen molar-refractivity contribution < 1.29 is 105 Å². The van der Waals surface area contributed by atoms with Gasteiger partial charge in [0.15, 0.2) is 0 Å². The minimum atomic E-state index is -5.76. The summed E-state index contributed by atoms with van der Waals surface area (Å²) in [5, 5.41) is 0. The highest BCUT2D eigenvalue weighted by Crippen LogP contribution is 2.47. The van der Waals surface area contributed by atoms with Gasteiger partial charge in [-0.25, -0.2) is 9.59 Å². The van der Waals surface area contributed by atoms with Crippen LogP contribution in [0.15, 0.2) is 84.9 Å². The molecule has 3 heterocycles. The maximum Gasteiger partial charge on any atom is 0.434 e. The van der Waals surface area contributed by atoms with Gasteiger partial charge < -0.3 is 48.0 Å². The predicted octanol–water partition coefficient (Wildman–Crippen LogP) is 17.4. The molecule has 0 N–H and O–H groups in total. The van der Waals surface area contributed by atoms with E-state index in [1.807, 2.05) is 116 Å². The molecule has 0 aromatic heterocycles. The summed E-state index contributed by atoms with van der Waals surface area (Å²) in [6.45, 7) is 19.2. The first-order chi connectivity index (χ1) is 47.0. The number of anilines is 2. The summed E-state index contributed by atoms with van der Waals surface area (Å²) in [4.78, 5) is 68.4. The van der Waals surface area contributed by atoms with Gasteiger partial charge in [0.1, 0.15) is 29.0 Å². The summed E-state index contributed by atoms with van der Waals surface area (Å²) < 4.78 is 181. The number of halogens is 12. The van der Waals surface area contributed by atoms with E-state index in [2.05, 4.69) is 48.4 Å². The molecule has 4 aliphatic rings. The summed E-state index contributed by atoms with van der Waals surface area (Å²) >= 11 is 0. The van der Waals surface area contributed by atoms with Crippen molar-refractivity contribution in [1.82, 2.24) is 14.7 Å². The second-order valence-electron chi connectivity index (χ2n) is 28.4. The number of aldehydes is 1. The van der Waals surface area contributed by atoms with Crippen LogP contribution in [0.5, 0.6) is 11.5 Å². The molecule has 4 aromatic carbocycles. The van der Waals surface area contributed by atoms with Gasteiger partial charge in [-0.15, -0.1) is 0 Å². The lowest BCUT2D eigenvalue weighted by atomic mass is 9.77. The standard InChI is InChI=1S/C36H47F6N3O5.C24H31NO4.C13H17F6NO2/c1-25-20-27(22-28(21-25)44(16-6-8-30(46)50-33(2,3)4)23-26-9-11-29(48-5)12-10-26)24-45-17-7-13-34(45)14-18-43(19-15-34)32(47)49-31(35(37,38)39)36(40,41)42;1-18-13-20(17-26)15-21(14-18)25(12-6-7-23(27)29-24(2,3)4)16-19-8-10-22(28-5)11-9-19;14-12(15,16)9(13(17,18)19)22-10(21)20-7-5-11(6-8-20)3-1-2-4-11/h9-12,20-22,31H,6-8,13-19,23-24H2,1-5H3;8-11,13-15,17H,6-7,12,16H2,1-5H3;9H,1-8H2. The summed E-state index contributed by atoms with van der Waals surface area (Å²) in [5.74, 6) is 1.10. The normalized spacial score (nSPS) is 16.4. The van der Waals surface area contributed by atoms with Crippen molar-refractivity contribution >= 4 is 41.8 Å². The quantitative estimate of drug-likeness (QED) is 0.0336. The zero-order valence-corrected chi connectivity index (χ0v) is 59.0. The zero-order valence-electron chi connectivity index (χ0n) is 59.0. The number of ether oxygens (including phenoxy) is 6. The topological polar surface area (TPSA) is 157 Å². The average molecular weight is 1450 g/mol. The van der Waals surface area contributed by atoms with Gasteiger partial charge in [-0.1, -0.05) is 43.2 Å². The first-order valence-electron chi connectivity index (χ1n) is 33.8. The number of benzene rings is 4. The van der Waals surface area contributed by atoms with E-state index in [9.17, 15) is 76.7 Å². The van der Waals surface area contributed by atoms with E-state index < -0.39 is 60.3 Å². The van der Waals surface area contributed by atoms with Crippen LogP contribution in [-0.2, 0) is 48.2 Å². The van der Waals surface area contributed by atoms with Gasteiger partial charge in [0.2, 0.25) is 0 Å². The van der Waals surface area contributed by atoms with Gasteiger partial charge in [0, 0.05) is 94.2 Å². The minimum Gasteiger partial charge on any atom is -0.497 e. The Bertz CT molecular complexity index is 3300. The van der Waals surface area contributed by atoms with Crippen molar-refractivity contribution in [1.29, 1.82) is 0 Å². The van der Waals surface area contributed by atoms with E-state index in [4.69, 9.17) is 18.9 Å². The van der Waals surface area contributed by atoms with E-state index in [0.717, 1.165) is 112 Å². The number of carbonyl (C=O) groups excluding carboxylic acids is 5. The number of alkyl halides is 12. The second kappa shape index (κ2) is 35.0. The lowest BCUT2D eigenvalue weighted by molar-refractivity contribution is -0.309. The molecule has 0 unspecified atom stereocenters. The molecule has 0 radical (unpaired) electrons. The van der Waals surface area contributed by atoms with Crippen molar-refractivity contribution in [3.8, 4) is 11.5 Å². The Morgan fingerprint density at radius 1 is 0.495 bits per heavy atom. The molecule has 2 spiro atoms. The lowest BCUT2D eigenvalue weighted by Crippen LogP contribution is -2.54. The van der Waals surface area contributed by atoms with Crippen molar-refractivity contribution in [2.75, 3.05) is 69.8 Å². The van der Waals surface area contributed by atoms with Gasteiger partial charge in [0.25, 0.3) is 12.2 Å². The molecule has 1 aliphatic carbocycles. The Hall–Kier alpha value is -7.65. The predicted molar refractivity (Wildman–Crippen MR) is 356 cm³/mol. The summed E-state index contributed by atoms with van der Waals surface area (Å²) in [6.07, 6.45) is -23.7. The minimum absolute atomic E-state index is 0.00980. The molecule has 4 fully saturated rings. The number of piperidine rings is 2. The van der Waals surface area contributed by atoms with E-state index in [-0.39, 0.29) is 55.5 Å². The molecule has 562 valence electrons. The summed E-state index contributed by atoms with van der Waals surface area (Å²) in [6, 6.07) is 27.8. The Morgan fingerprint density at radius 2 is 0.891 bits per heavy atom. The fourth-order valence-electron chi connectivity index (χ4n) is 13.2. The third kappa shape index (κ3) is 26.0. The molecule has 2 amide bonds. The van der Waals surface area contributed by atoms with Crippen LogP contribution < -0.4 is 19.3 Å². The maximum atomic E-state index is 13.0. The molecule has 28 heteroatoms. The van der Waals surface area contributed by atoms with Crippen LogP contribution in [0.4, 0.5) is 73.6 Å². The van der Waals surface area contributed by atoms with E-state index >= 15 is 0 Å². The van der Waals surface area contributed by atoms with Crippen LogP contribution in [0.2, 0.25) is 0 Å². The highest BCUT2D eigenvalue weighted by Gasteiger charge is 2.62. The number of hydrogen-bond acceptors (Lipinski definition) is 14. The Labute approximate surface area is 583 Å². The average Bonchev–Trinajstić information content (AvgIpc) is 1.70. The third-order valence-electron chi connectivity index (χ3n) is 18.0. The van der Waals surface area contributed by atoms with Crippen molar-refractivity contribution in [2.45, 2.75) is 219 Å². The van der Waals surface area contributed by atoms with Crippen molar-refractivity contribution in [3.05, 3.63) is 118 Å². The molecular formula is C73H95F12N5O11. The first kappa shape index (κ1) is 82.3. The number of hydrogen-bond donors (Lipinski definition) is 0. The van der Waals surface area contributed by atoms with Gasteiger partial charge in [0.05, 0.1) is 14.2 Å². The van der Waals surface area contributed by atoms with Gasteiger partial charge in [-0.2, -0.15) is 52.7 Å². The number of amides is 2. The number of methoxy groups -OCH3 is 2. The summed E-state index contributed by atoms with van der Waals surface area (Å²) in [5.41, 5.74) is 6.60. The van der Waals surface area contributed by atoms with Crippen LogP contribution in [0, 0.1) is 19.3 Å². The number of likely N-dealkylation sites (tertiary alicyclic amines) is 3. The van der Waals surface area contributed by atoms with E-state index in [1.54, 1.807) is 14.2 Å². The third-order valence-corrected chi connectivity index (χ3v) is 18.0. The number of aryl methyl sites for hydroxylation is 2. The number of nitrogens with zero attached hydrogens (tertiary/aromatic N) is 5. The molecule has 0 bridgehead atoms. The lowest BCUT2D eigenvalue weighted by Gasteiger charge is -2.45. The molecule has 1 saturated carbocycles. The number of rotatable bonds is 21. The van der Waals surface area contributed by atoms with Crippen LogP contribution in [0.1, 0.15) is 170 Å². The largest absolute Gasteiger partial charge is 0.497 e. The highest BCUT2D eigenvalue weighted by atomic mass is 19.4. The van der Waals surface area contributed by atoms with Crippen molar-refractivity contribution in [2.24, 2.45) is 5.41 Å². The molecule has 8 rings (SSSR count). The Balaban J connectivity index is 0.000000265. The molecular weight excluding hydrogens is 1350 g/mol. The van der Waals surface area contributed by atoms with Gasteiger partial charge in [-0.05, 0) is 214 Å². The highest BCUT2D eigenvalue weighted by molar-refractivity contribution is 5.78. The van der Waals surface area contributed by atoms with Crippen LogP contribution in [-0.4, -0.2) is 159 Å². The fourth-order valence-corrected chi connectivity index (χ4v) is 13.2. The molecule has 3 saturated heterocycles. The number of carbonyl (C=O) groups is 5. The molecule has 16 nitrogen and oxygen atoms in total. The van der Waals surface area contributed by atoms with Gasteiger partial charge >= 0.3 is 48.8 Å². The molecule has 3 aliphatic heterocycles. The fraction of sp³-hybridized carbons (Fsp3) is 0.603. The van der Waals surface area contributed by atoms with E-state index in [0.29, 0.717) is 83.2 Å². The molecule has 0 atom stereocenters. The zero-order chi connectivity index (χ0) is 74.9. The molecule has 4 aromatic rings. The van der Waals surface area contributed by atoms with Crippen LogP contribution >= 0.6 is 0 Å². The Kier molecular flexibility index (Phi) is 28.5. The first-order valence-corrected chi connectivity index (χ1v) is 33.8. The molecule has 101 heavy (non-hydrogen) atoms. The van der Waals surface area contributed by atoms with E-state index in [1.165, 1.54) is 0 Å². The summed E-state index contributed by atoms with van der Waals surface area (Å²) in [7, 11) is 3.25. The smallest absolute Gasteiger partial charge is 0.434 e. The van der Waals surface area contributed by atoms with Crippen molar-refractivity contribution in [3.63, 3.8) is 0 Å². The maximum absolute atomic E-state index is 13.0. The van der Waals surface area contributed by atoms with Crippen LogP contribution in [0.3, 0.4) is 0 Å². The SMILES string of the molecule is COc1ccc(CN(CCCC(=O)OC(C)(C)C)c2cc(C)cc(C=O)c2)cc1.COc1ccc(CN(CCCC(=O)OC(C)(C)C)c2cc(C)cc(CN3CCCC34CCN(C(=O)OC(C(F)(F)F)C(F)(F)F)CC4)c2)cc1.O=C(OC(C(F)(F)F)C(F)(F)F)N1CCC2(CCCC2)CC1. The van der Waals surface area contributed by atoms with Gasteiger partial charge in [-0.3, -0.25) is 19.3 Å². The second-order valence-corrected chi connectivity index (χ2v) is 28.4. The monoisotopic (exact) mass is 1450 g/mol. The Morgan fingerprint density at radius 3 is 1.28 bits per heavy atom.